The van der Waals surface area contributed by atoms with Crippen molar-refractivity contribution in [3.05, 3.63) is 34.4 Å². The van der Waals surface area contributed by atoms with Crippen molar-refractivity contribution in [2.75, 3.05) is 52.1 Å². The summed E-state index contributed by atoms with van der Waals surface area (Å²) >= 11 is 0. The Hall–Kier alpha value is -1.33. The number of benzene rings is 1. The first kappa shape index (κ1) is 23.9. The number of ether oxygens (including phenoxy) is 1. The molecular formula is C19H29N3O5S2. The molecule has 1 atom stereocenters. The lowest BCUT2D eigenvalue weighted by Crippen LogP contribution is -2.45. The van der Waals surface area contributed by atoms with Crippen LogP contribution in [0.25, 0.3) is 0 Å². The van der Waals surface area contributed by atoms with E-state index >= 15 is 0 Å². The number of carbonyl (C=O) groups is 1. The molecule has 1 heterocycles. The molecule has 1 aromatic rings. The van der Waals surface area contributed by atoms with Gasteiger partial charge in [-0.3, -0.25) is 14.9 Å². The molecule has 0 aliphatic carbocycles. The largest absolute Gasteiger partial charge is 0.600 e. The molecule has 1 aromatic carbocycles. The Morgan fingerprint density at radius 3 is 2.45 bits per heavy atom. The number of esters is 1. The average molecular weight is 444 g/mol. The normalized spacial score (nSPS) is 17.1. The fourth-order valence-electron chi connectivity index (χ4n) is 2.80. The molecule has 0 radical (unpaired) electrons. The summed E-state index contributed by atoms with van der Waals surface area (Å²) in [5, 5.41) is 10.7. The summed E-state index contributed by atoms with van der Waals surface area (Å²) in [6.45, 7) is 8.98. The van der Waals surface area contributed by atoms with Gasteiger partial charge in [0.25, 0.3) is 5.69 Å². The van der Waals surface area contributed by atoms with Crippen molar-refractivity contribution in [1.29, 1.82) is 0 Å². The van der Waals surface area contributed by atoms with Crippen molar-refractivity contribution in [3.8, 4) is 0 Å². The molecule has 0 amide bonds. The van der Waals surface area contributed by atoms with Crippen LogP contribution in [0.3, 0.4) is 0 Å². The maximum Gasteiger partial charge on any atom is 0.311 e. The van der Waals surface area contributed by atoms with Crippen LogP contribution in [0, 0.1) is 15.5 Å². The van der Waals surface area contributed by atoms with Gasteiger partial charge < -0.3 is 19.1 Å². The number of nitro groups is 1. The van der Waals surface area contributed by atoms with E-state index in [1.54, 1.807) is 0 Å². The summed E-state index contributed by atoms with van der Waals surface area (Å²) in [6, 6.07) is 5.62. The molecule has 0 N–H and O–H groups in total. The first-order chi connectivity index (χ1) is 13.7. The molecule has 0 bridgehead atoms. The number of hydrogen-bond acceptors (Lipinski definition) is 8. The lowest BCUT2D eigenvalue weighted by Gasteiger charge is -2.34. The van der Waals surface area contributed by atoms with Crippen LogP contribution in [0.4, 0.5) is 5.69 Å². The summed E-state index contributed by atoms with van der Waals surface area (Å²) in [6.07, 6.45) is 0.734. The number of nitro benzene ring substituents is 1. The molecule has 8 nitrogen and oxygen atoms in total. The molecular weight excluding hydrogens is 414 g/mol. The quantitative estimate of drug-likeness (QED) is 0.136. The standard InChI is InChI=1S/C19H29N3O5S2/c1-19(2,8-9-21-12-10-20(3)11-13-21)18(23)27-14-15-28-29(26)17-6-4-16(5-7-17)22(24)25/h4-7H,8-15H2,1-3H3. The van der Waals surface area contributed by atoms with Crippen LogP contribution in [0.5, 0.6) is 0 Å². The van der Waals surface area contributed by atoms with Gasteiger partial charge in [0.1, 0.15) is 6.61 Å². The van der Waals surface area contributed by atoms with Gasteiger partial charge in [0.2, 0.25) is 0 Å². The summed E-state index contributed by atoms with van der Waals surface area (Å²) in [7, 11) is 1.90. The number of rotatable bonds is 10. The van der Waals surface area contributed by atoms with Crippen molar-refractivity contribution in [1.82, 2.24) is 9.80 Å². The summed E-state index contributed by atoms with van der Waals surface area (Å²) < 4.78 is 17.6. The number of carbonyl (C=O) groups excluding carboxylic acids is 1. The van der Waals surface area contributed by atoms with Gasteiger partial charge in [-0.1, -0.05) is 0 Å². The van der Waals surface area contributed by atoms with Crippen molar-refractivity contribution < 1.29 is 19.0 Å². The van der Waals surface area contributed by atoms with Gasteiger partial charge in [0.15, 0.2) is 4.90 Å². The zero-order valence-electron chi connectivity index (χ0n) is 17.2. The van der Waals surface area contributed by atoms with Gasteiger partial charge in [-0.2, -0.15) is 0 Å². The Morgan fingerprint density at radius 2 is 1.86 bits per heavy atom. The highest BCUT2D eigenvalue weighted by atomic mass is 33.1. The fraction of sp³-hybridized carbons (Fsp3) is 0.632. The van der Waals surface area contributed by atoms with Crippen LogP contribution < -0.4 is 0 Å². The van der Waals surface area contributed by atoms with Crippen LogP contribution in [0.2, 0.25) is 0 Å². The highest BCUT2D eigenvalue weighted by Gasteiger charge is 2.30. The topological polar surface area (TPSA) is 99.0 Å². The van der Waals surface area contributed by atoms with Gasteiger partial charge in [-0.15, -0.1) is 0 Å². The zero-order valence-corrected chi connectivity index (χ0v) is 18.8. The third kappa shape index (κ3) is 7.78. The van der Waals surface area contributed by atoms with Gasteiger partial charge >= 0.3 is 5.97 Å². The SMILES string of the molecule is CN1CCN(CCC(C)(C)C(=O)OCCS[S+]([O-])c2ccc([N+](=O)[O-])cc2)CC1. The third-order valence-corrected chi connectivity index (χ3v) is 7.87. The van der Waals surface area contributed by atoms with E-state index in [0.717, 1.165) is 49.9 Å². The molecule has 0 saturated carbocycles. The minimum Gasteiger partial charge on any atom is -0.600 e. The van der Waals surface area contributed by atoms with Gasteiger partial charge in [-0.25, -0.2) is 0 Å². The molecule has 1 saturated heterocycles. The molecule has 1 aliphatic heterocycles. The van der Waals surface area contributed by atoms with E-state index in [1.807, 2.05) is 13.8 Å². The van der Waals surface area contributed by atoms with E-state index in [-0.39, 0.29) is 18.3 Å². The van der Waals surface area contributed by atoms with Crippen LogP contribution in [-0.4, -0.2) is 77.4 Å². The van der Waals surface area contributed by atoms with Crippen LogP contribution in [-0.2, 0) is 19.7 Å². The first-order valence-corrected chi connectivity index (χ1v) is 12.2. The summed E-state index contributed by atoms with van der Waals surface area (Å²) in [4.78, 5) is 27.7. The van der Waals surface area contributed by atoms with E-state index in [2.05, 4.69) is 16.8 Å². The minimum absolute atomic E-state index is 0.0384. The molecule has 10 heteroatoms. The van der Waals surface area contributed by atoms with E-state index < -0.39 is 20.5 Å². The van der Waals surface area contributed by atoms with Gasteiger partial charge in [-0.05, 0) is 33.9 Å². The van der Waals surface area contributed by atoms with Gasteiger partial charge in [0, 0.05) is 50.4 Å². The highest BCUT2D eigenvalue weighted by molar-refractivity contribution is 8.72. The molecule has 2 rings (SSSR count). The highest BCUT2D eigenvalue weighted by Crippen LogP contribution is 2.26. The number of nitrogens with zero attached hydrogens (tertiary/aromatic N) is 3. The second-order valence-electron chi connectivity index (χ2n) is 7.72. The maximum absolute atomic E-state index is 12.4. The third-order valence-electron chi connectivity index (χ3n) is 4.95. The van der Waals surface area contributed by atoms with Crippen LogP contribution in [0.15, 0.2) is 29.2 Å². The Morgan fingerprint density at radius 1 is 1.24 bits per heavy atom. The molecule has 162 valence electrons. The van der Waals surface area contributed by atoms with E-state index in [4.69, 9.17) is 4.74 Å². The average Bonchev–Trinajstić information content (AvgIpc) is 2.70. The molecule has 0 aromatic heterocycles. The van der Waals surface area contributed by atoms with Crippen molar-refractivity contribution in [2.24, 2.45) is 5.41 Å². The second kappa shape index (κ2) is 11.2. The fourth-order valence-corrected chi connectivity index (χ4v) is 4.99. The number of piperazine rings is 1. The van der Waals surface area contributed by atoms with Crippen molar-refractivity contribution in [2.45, 2.75) is 25.2 Å². The molecule has 1 unspecified atom stereocenters. The first-order valence-electron chi connectivity index (χ1n) is 9.57. The molecule has 0 spiro atoms. The molecule has 29 heavy (non-hydrogen) atoms. The Balaban J connectivity index is 1.67. The summed E-state index contributed by atoms with van der Waals surface area (Å²) in [5.74, 6) is 0.150. The van der Waals surface area contributed by atoms with Crippen molar-refractivity contribution >= 4 is 32.7 Å². The van der Waals surface area contributed by atoms with E-state index in [9.17, 15) is 19.5 Å². The molecule has 1 fully saturated rings. The summed E-state index contributed by atoms with van der Waals surface area (Å²) in [5.41, 5.74) is -0.602. The predicted molar refractivity (Wildman–Crippen MR) is 115 cm³/mol. The van der Waals surface area contributed by atoms with Crippen LogP contribution >= 0.6 is 10.8 Å². The molecule has 1 aliphatic rings. The van der Waals surface area contributed by atoms with Gasteiger partial charge in [0.05, 0.1) is 37.1 Å². The minimum atomic E-state index is -1.36. The Kier molecular flexibility index (Phi) is 9.22. The van der Waals surface area contributed by atoms with E-state index in [1.165, 1.54) is 24.3 Å². The lowest BCUT2D eigenvalue weighted by atomic mass is 9.89. The monoisotopic (exact) mass is 443 g/mol. The van der Waals surface area contributed by atoms with E-state index in [0.29, 0.717) is 10.6 Å². The van der Waals surface area contributed by atoms with Crippen LogP contribution in [0.1, 0.15) is 20.3 Å². The Bertz CT molecular complexity index is 679. The zero-order chi connectivity index (χ0) is 21.4. The number of hydrogen-bond donors (Lipinski definition) is 0. The van der Waals surface area contributed by atoms with Crippen molar-refractivity contribution in [3.63, 3.8) is 0 Å². The maximum atomic E-state index is 12.4. The lowest BCUT2D eigenvalue weighted by molar-refractivity contribution is -0.384. The predicted octanol–water partition coefficient (Wildman–Crippen LogP) is 2.56. The Labute approximate surface area is 178 Å². The second-order valence-corrected chi connectivity index (χ2v) is 10.9. The number of likely N-dealkylation sites (N-methyl/N-ethyl adjacent to an activating group) is 1. The number of non-ortho nitro benzene ring substituents is 1. The smallest absolute Gasteiger partial charge is 0.311 e.